The van der Waals surface area contributed by atoms with Gasteiger partial charge in [0.05, 0.1) is 4.34 Å². The van der Waals surface area contributed by atoms with Crippen molar-refractivity contribution in [2.45, 2.75) is 38.3 Å². The molecule has 2 nitrogen and oxygen atoms in total. The molecule has 0 spiro atoms. The van der Waals surface area contributed by atoms with E-state index < -0.39 is 0 Å². The zero-order valence-corrected chi connectivity index (χ0v) is 10.9. The van der Waals surface area contributed by atoms with E-state index in [1.165, 1.54) is 24.1 Å². The predicted molar refractivity (Wildman–Crippen MR) is 69.0 cm³/mol. The fourth-order valence-corrected chi connectivity index (χ4v) is 3.41. The number of aliphatic hydroxyl groups is 1. The Hall–Kier alpha value is -0.0900. The van der Waals surface area contributed by atoms with Crippen LogP contribution in [0.1, 0.15) is 30.6 Å². The SMILES string of the molecule is OCC1CCCCC1NCc1ccc(Cl)s1. The van der Waals surface area contributed by atoms with Crippen LogP contribution in [0.3, 0.4) is 0 Å². The Labute approximate surface area is 106 Å². The molecule has 0 aliphatic heterocycles. The fraction of sp³-hybridized carbons (Fsp3) is 0.667. The molecule has 4 heteroatoms. The maximum absolute atomic E-state index is 9.30. The van der Waals surface area contributed by atoms with Crippen LogP contribution < -0.4 is 5.32 Å². The average molecular weight is 260 g/mol. The lowest BCUT2D eigenvalue weighted by Gasteiger charge is -2.30. The van der Waals surface area contributed by atoms with Crippen molar-refractivity contribution in [3.63, 3.8) is 0 Å². The Morgan fingerprint density at radius 1 is 1.38 bits per heavy atom. The third kappa shape index (κ3) is 3.20. The lowest BCUT2D eigenvalue weighted by Crippen LogP contribution is -2.39. The molecule has 2 rings (SSSR count). The van der Waals surface area contributed by atoms with Gasteiger partial charge >= 0.3 is 0 Å². The van der Waals surface area contributed by atoms with Gasteiger partial charge in [-0.2, -0.15) is 0 Å². The second-order valence-corrected chi connectivity index (χ2v) is 6.22. The number of hydrogen-bond donors (Lipinski definition) is 2. The molecule has 16 heavy (non-hydrogen) atoms. The smallest absolute Gasteiger partial charge is 0.0931 e. The number of thiophene rings is 1. The Kier molecular flexibility index (Phi) is 4.65. The van der Waals surface area contributed by atoms with Gasteiger partial charge in [-0.05, 0) is 30.9 Å². The van der Waals surface area contributed by atoms with Gasteiger partial charge in [-0.3, -0.25) is 0 Å². The van der Waals surface area contributed by atoms with Gasteiger partial charge in [-0.25, -0.2) is 0 Å². The van der Waals surface area contributed by atoms with E-state index in [1.54, 1.807) is 11.3 Å². The minimum atomic E-state index is 0.308. The molecule has 1 heterocycles. The summed E-state index contributed by atoms with van der Waals surface area (Å²) in [4.78, 5) is 1.27. The summed E-state index contributed by atoms with van der Waals surface area (Å²) in [6, 6.07) is 4.48. The molecule has 2 N–H and O–H groups in total. The number of halogens is 1. The van der Waals surface area contributed by atoms with Gasteiger partial charge in [0.2, 0.25) is 0 Å². The normalized spacial score (nSPS) is 25.9. The van der Waals surface area contributed by atoms with Gasteiger partial charge in [0.25, 0.3) is 0 Å². The van der Waals surface area contributed by atoms with E-state index in [9.17, 15) is 5.11 Å². The lowest BCUT2D eigenvalue weighted by molar-refractivity contribution is 0.152. The second-order valence-electron chi connectivity index (χ2n) is 4.42. The molecule has 0 bridgehead atoms. The van der Waals surface area contributed by atoms with E-state index in [4.69, 9.17) is 11.6 Å². The Balaban J connectivity index is 1.84. The largest absolute Gasteiger partial charge is 0.396 e. The zero-order chi connectivity index (χ0) is 11.4. The summed E-state index contributed by atoms with van der Waals surface area (Å²) in [5.74, 6) is 0.434. The summed E-state index contributed by atoms with van der Waals surface area (Å²) < 4.78 is 0.846. The van der Waals surface area contributed by atoms with Gasteiger partial charge in [0.1, 0.15) is 0 Å². The van der Waals surface area contributed by atoms with Crippen molar-refractivity contribution in [3.05, 3.63) is 21.3 Å². The molecule has 1 aliphatic carbocycles. The molecule has 90 valence electrons. The summed E-state index contributed by atoms with van der Waals surface area (Å²) in [5, 5.41) is 12.8. The molecule has 1 aromatic heterocycles. The van der Waals surface area contributed by atoms with Crippen LogP contribution in [0.25, 0.3) is 0 Å². The van der Waals surface area contributed by atoms with Gasteiger partial charge in [0, 0.05) is 24.1 Å². The molecule has 0 amide bonds. The van der Waals surface area contributed by atoms with Gasteiger partial charge in [-0.1, -0.05) is 24.4 Å². The molecular weight excluding hydrogens is 242 g/mol. The first-order chi connectivity index (χ1) is 7.79. The Morgan fingerprint density at radius 3 is 2.88 bits per heavy atom. The van der Waals surface area contributed by atoms with Gasteiger partial charge in [-0.15, -0.1) is 11.3 Å². The molecule has 1 aromatic rings. The lowest BCUT2D eigenvalue weighted by atomic mass is 9.85. The predicted octanol–water partition coefficient (Wildman–Crippen LogP) is 3.04. The fourth-order valence-electron chi connectivity index (χ4n) is 2.37. The van der Waals surface area contributed by atoms with Crippen molar-refractivity contribution in [3.8, 4) is 0 Å². The first kappa shape index (κ1) is 12.4. The highest BCUT2D eigenvalue weighted by atomic mass is 35.5. The molecule has 0 saturated heterocycles. The molecule has 0 radical (unpaired) electrons. The quantitative estimate of drug-likeness (QED) is 0.871. The van der Waals surface area contributed by atoms with Crippen molar-refractivity contribution < 1.29 is 5.11 Å². The van der Waals surface area contributed by atoms with Crippen molar-refractivity contribution in [1.29, 1.82) is 0 Å². The van der Waals surface area contributed by atoms with E-state index in [1.807, 2.05) is 6.07 Å². The molecule has 2 atom stereocenters. The van der Waals surface area contributed by atoms with Crippen molar-refractivity contribution >= 4 is 22.9 Å². The highest BCUT2D eigenvalue weighted by Gasteiger charge is 2.23. The maximum atomic E-state index is 9.30. The summed E-state index contributed by atoms with van der Waals surface area (Å²) in [6.07, 6.45) is 4.87. The van der Waals surface area contributed by atoms with Crippen LogP contribution in [0.5, 0.6) is 0 Å². The molecule has 0 aromatic carbocycles. The molecule has 1 fully saturated rings. The average Bonchev–Trinajstić information content (AvgIpc) is 2.73. The van der Waals surface area contributed by atoms with E-state index in [-0.39, 0.29) is 0 Å². The number of rotatable bonds is 4. The van der Waals surface area contributed by atoms with E-state index >= 15 is 0 Å². The van der Waals surface area contributed by atoms with Gasteiger partial charge in [0.15, 0.2) is 0 Å². The molecule has 1 aliphatic rings. The van der Waals surface area contributed by atoms with Crippen molar-refractivity contribution in [1.82, 2.24) is 5.32 Å². The Bertz CT molecular complexity index is 329. The van der Waals surface area contributed by atoms with Crippen LogP contribution in [0.2, 0.25) is 4.34 Å². The van der Waals surface area contributed by atoms with Crippen LogP contribution in [-0.2, 0) is 6.54 Å². The summed E-state index contributed by atoms with van der Waals surface area (Å²) in [6.45, 7) is 1.18. The van der Waals surface area contributed by atoms with Gasteiger partial charge < -0.3 is 10.4 Å². The molecule has 1 saturated carbocycles. The standard InChI is InChI=1S/C12H18ClNOS/c13-12-6-5-10(16-12)7-14-11-4-2-1-3-9(11)8-15/h5-6,9,11,14-15H,1-4,7-8H2. The molecular formula is C12H18ClNOS. The van der Waals surface area contributed by atoms with Crippen molar-refractivity contribution in [2.24, 2.45) is 5.92 Å². The highest BCUT2D eigenvalue weighted by molar-refractivity contribution is 7.16. The van der Waals surface area contributed by atoms with Crippen LogP contribution >= 0.6 is 22.9 Å². The van der Waals surface area contributed by atoms with Crippen LogP contribution in [0.4, 0.5) is 0 Å². The van der Waals surface area contributed by atoms with Crippen LogP contribution in [-0.4, -0.2) is 17.8 Å². The number of hydrogen-bond acceptors (Lipinski definition) is 3. The van der Waals surface area contributed by atoms with E-state index in [2.05, 4.69) is 11.4 Å². The third-order valence-corrected chi connectivity index (χ3v) is 4.54. The van der Waals surface area contributed by atoms with E-state index in [0.717, 1.165) is 17.3 Å². The maximum Gasteiger partial charge on any atom is 0.0931 e. The van der Waals surface area contributed by atoms with E-state index in [0.29, 0.717) is 18.6 Å². The number of nitrogens with one attached hydrogen (secondary N) is 1. The highest BCUT2D eigenvalue weighted by Crippen LogP contribution is 2.25. The second kappa shape index (κ2) is 6.01. The van der Waals surface area contributed by atoms with Crippen LogP contribution in [0.15, 0.2) is 12.1 Å². The minimum Gasteiger partial charge on any atom is -0.396 e. The number of aliphatic hydroxyl groups excluding tert-OH is 1. The summed E-state index contributed by atoms with van der Waals surface area (Å²) in [7, 11) is 0. The molecule has 2 unspecified atom stereocenters. The first-order valence-corrected chi connectivity index (χ1v) is 7.07. The minimum absolute atomic E-state index is 0.308. The topological polar surface area (TPSA) is 32.3 Å². The summed E-state index contributed by atoms with van der Waals surface area (Å²) >= 11 is 7.51. The van der Waals surface area contributed by atoms with Crippen LogP contribution in [0, 0.1) is 5.92 Å². The monoisotopic (exact) mass is 259 g/mol. The summed E-state index contributed by atoms with van der Waals surface area (Å²) in [5.41, 5.74) is 0. The Morgan fingerprint density at radius 2 is 2.19 bits per heavy atom. The first-order valence-electron chi connectivity index (χ1n) is 5.88. The zero-order valence-electron chi connectivity index (χ0n) is 9.29. The third-order valence-electron chi connectivity index (χ3n) is 3.31. The van der Waals surface area contributed by atoms with Crippen molar-refractivity contribution in [2.75, 3.05) is 6.61 Å².